The molecule has 0 bridgehead atoms. The standard InChI is InChI=1S/C15H23N3O6/c19-6-10-23-8-4-16-14(21)12-2-1-3-13(18-12)15(22)17-5-9-24-11-7-20/h1-3,19-20H,4-11H2,(H,16,21)(H,17,22). The van der Waals surface area contributed by atoms with E-state index in [0.717, 1.165) is 0 Å². The van der Waals surface area contributed by atoms with E-state index in [-0.39, 0.29) is 64.1 Å². The fourth-order valence-corrected chi connectivity index (χ4v) is 1.68. The molecule has 0 aliphatic rings. The lowest BCUT2D eigenvalue weighted by molar-refractivity contribution is 0.0832. The minimum Gasteiger partial charge on any atom is -0.394 e. The number of aliphatic hydroxyl groups excluding tert-OH is 2. The first-order chi connectivity index (χ1) is 11.7. The summed E-state index contributed by atoms with van der Waals surface area (Å²) in [6, 6.07) is 4.58. The normalized spacial score (nSPS) is 10.4. The molecule has 1 rings (SSSR count). The number of rotatable bonds is 12. The van der Waals surface area contributed by atoms with Crippen LogP contribution in [0.1, 0.15) is 21.0 Å². The summed E-state index contributed by atoms with van der Waals surface area (Å²) in [5.41, 5.74) is 0.252. The molecule has 1 heterocycles. The summed E-state index contributed by atoms with van der Waals surface area (Å²) in [6.07, 6.45) is 0. The number of pyridine rings is 1. The number of nitrogens with one attached hydrogen (secondary N) is 2. The highest BCUT2D eigenvalue weighted by Crippen LogP contribution is 2.00. The first kappa shape index (κ1) is 20.0. The minimum absolute atomic E-state index is 0.0717. The molecule has 1 aromatic heterocycles. The summed E-state index contributed by atoms with van der Waals surface area (Å²) in [5.74, 6) is -0.827. The van der Waals surface area contributed by atoms with Gasteiger partial charge in [0.15, 0.2) is 0 Å². The van der Waals surface area contributed by atoms with Crippen LogP contribution in [0.25, 0.3) is 0 Å². The Morgan fingerprint density at radius 1 is 0.875 bits per heavy atom. The molecule has 9 heteroatoms. The van der Waals surface area contributed by atoms with Gasteiger partial charge in [0.25, 0.3) is 11.8 Å². The first-order valence-electron chi connectivity index (χ1n) is 7.59. The van der Waals surface area contributed by atoms with E-state index in [0.29, 0.717) is 0 Å². The molecule has 4 N–H and O–H groups in total. The number of ether oxygens (including phenoxy) is 2. The van der Waals surface area contributed by atoms with Crippen molar-refractivity contribution in [3.63, 3.8) is 0 Å². The summed E-state index contributed by atoms with van der Waals surface area (Å²) < 4.78 is 10.1. The summed E-state index contributed by atoms with van der Waals surface area (Å²) in [4.78, 5) is 27.9. The molecule has 0 aliphatic carbocycles. The van der Waals surface area contributed by atoms with Crippen LogP contribution < -0.4 is 10.6 Å². The summed E-state index contributed by atoms with van der Waals surface area (Å²) >= 11 is 0. The highest BCUT2D eigenvalue weighted by Gasteiger charge is 2.11. The van der Waals surface area contributed by atoms with Gasteiger partial charge >= 0.3 is 0 Å². The second-order valence-corrected chi connectivity index (χ2v) is 4.59. The van der Waals surface area contributed by atoms with Crippen LogP contribution in [0.2, 0.25) is 0 Å². The van der Waals surface area contributed by atoms with Crippen LogP contribution in [0.5, 0.6) is 0 Å². The van der Waals surface area contributed by atoms with Crippen LogP contribution in [0.3, 0.4) is 0 Å². The highest BCUT2D eigenvalue weighted by molar-refractivity contribution is 5.96. The van der Waals surface area contributed by atoms with Crippen molar-refractivity contribution in [3.8, 4) is 0 Å². The van der Waals surface area contributed by atoms with E-state index in [2.05, 4.69) is 15.6 Å². The van der Waals surface area contributed by atoms with Gasteiger partial charge in [0.2, 0.25) is 0 Å². The van der Waals surface area contributed by atoms with Crippen molar-refractivity contribution in [2.45, 2.75) is 0 Å². The molecular weight excluding hydrogens is 318 g/mol. The molecule has 2 amide bonds. The molecule has 0 radical (unpaired) electrons. The number of hydrogen-bond donors (Lipinski definition) is 4. The van der Waals surface area contributed by atoms with Crippen molar-refractivity contribution in [2.24, 2.45) is 0 Å². The molecule has 0 spiro atoms. The van der Waals surface area contributed by atoms with Gasteiger partial charge in [0.1, 0.15) is 11.4 Å². The predicted molar refractivity (Wildman–Crippen MR) is 84.7 cm³/mol. The number of aromatic nitrogens is 1. The number of nitrogens with zero attached hydrogens (tertiary/aromatic N) is 1. The van der Waals surface area contributed by atoms with Crippen LogP contribution in [0, 0.1) is 0 Å². The topological polar surface area (TPSA) is 130 Å². The average Bonchev–Trinajstić information content (AvgIpc) is 2.61. The molecule has 1 aromatic rings. The summed E-state index contributed by atoms with van der Waals surface area (Å²) in [5, 5.41) is 22.3. The maximum atomic E-state index is 11.9. The maximum absolute atomic E-state index is 11.9. The van der Waals surface area contributed by atoms with Crippen molar-refractivity contribution in [3.05, 3.63) is 29.6 Å². The van der Waals surface area contributed by atoms with E-state index < -0.39 is 11.8 Å². The number of carbonyl (C=O) groups is 2. The lowest BCUT2D eigenvalue weighted by atomic mass is 10.2. The van der Waals surface area contributed by atoms with E-state index in [1.807, 2.05) is 0 Å². The zero-order valence-electron chi connectivity index (χ0n) is 13.4. The molecule has 0 saturated heterocycles. The van der Waals surface area contributed by atoms with Crippen LogP contribution in [0.4, 0.5) is 0 Å². The second-order valence-electron chi connectivity index (χ2n) is 4.59. The third-order valence-electron chi connectivity index (χ3n) is 2.75. The number of hydrogen-bond acceptors (Lipinski definition) is 7. The van der Waals surface area contributed by atoms with Gasteiger partial charge in [-0.15, -0.1) is 0 Å². The van der Waals surface area contributed by atoms with Gasteiger partial charge < -0.3 is 30.3 Å². The number of aliphatic hydroxyl groups is 2. The largest absolute Gasteiger partial charge is 0.394 e. The van der Waals surface area contributed by atoms with Crippen LogP contribution in [-0.2, 0) is 9.47 Å². The van der Waals surface area contributed by atoms with E-state index in [9.17, 15) is 9.59 Å². The quantitative estimate of drug-likeness (QED) is 0.343. The Kier molecular flexibility index (Phi) is 10.3. The Bertz CT molecular complexity index is 470. The second kappa shape index (κ2) is 12.4. The fourth-order valence-electron chi connectivity index (χ4n) is 1.68. The smallest absolute Gasteiger partial charge is 0.269 e. The van der Waals surface area contributed by atoms with Gasteiger partial charge in [-0.1, -0.05) is 6.07 Å². The number of amides is 2. The zero-order valence-corrected chi connectivity index (χ0v) is 13.4. The predicted octanol–water partition coefficient (Wildman–Crippen LogP) is -1.44. The molecule has 24 heavy (non-hydrogen) atoms. The lowest BCUT2D eigenvalue weighted by Crippen LogP contribution is -2.31. The van der Waals surface area contributed by atoms with Gasteiger partial charge in [-0.05, 0) is 12.1 Å². The fraction of sp³-hybridized carbons (Fsp3) is 0.533. The average molecular weight is 341 g/mol. The maximum Gasteiger partial charge on any atom is 0.269 e. The molecule has 134 valence electrons. The molecule has 0 fully saturated rings. The monoisotopic (exact) mass is 341 g/mol. The SMILES string of the molecule is O=C(NCCOCCO)c1cccc(C(=O)NCCOCCO)n1. The summed E-state index contributed by atoms with van der Waals surface area (Å²) in [7, 11) is 0. The number of carbonyl (C=O) groups excluding carboxylic acids is 2. The Labute approximate surface area is 140 Å². The molecule has 0 unspecified atom stereocenters. The minimum atomic E-state index is -0.413. The van der Waals surface area contributed by atoms with Crippen LogP contribution in [0.15, 0.2) is 18.2 Å². The lowest BCUT2D eigenvalue weighted by Gasteiger charge is -2.08. The van der Waals surface area contributed by atoms with Crippen molar-refractivity contribution in [1.82, 2.24) is 15.6 Å². The van der Waals surface area contributed by atoms with Crippen LogP contribution >= 0.6 is 0 Å². The molecular formula is C15H23N3O6. The van der Waals surface area contributed by atoms with Gasteiger partial charge in [0.05, 0.1) is 39.6 Å². The van der Waals surface area contributed by atoms with E-state index in [1.165, 1.54) is 12.1 Å². The molecule has 0 aliphatic heterocycles. The zero-order chi connectivity index (χ0) is 17.6. The van der Waals surface area contributed by atoms with Crippen molar-refractivity contribution in [2.75, 3.05) is 52.7 Å². The Morgan fingerprint density at radius 3 is 1.75 bits per heavy atom. The van der Waals surface area contributed by atoms with E-state index >= 15 is 0 Å². The molecule has 9 nitrogen and oxygen atoms in total. The molecule has 0 aromatic carbocycles. The van der Waals surface area contributed by atoms with Gasteiger partial charge in [-0.25, -0.2) is 4.98 Å². The third kappa shape index (κ3) is 7.97. The van der Waals surface area contributed by atoms with Crippen molar-refractivity contribution < 1.29 is 29.3 Å². The molecule has 0 atom stereocenters. The van der Waals surface area contributed by atoms with E-state index in [1.54, 1.807) is 6.07 Å². The van der Waals surface area contributed by atoms with Crippen molar-refractivity contribution in [1.29, 1.82) is 0 Å². The van der Waals surface area contributed by atoms with E-state index in [4.69, 9.17) is 19.7 Å². The highest BCUT2D eigenvalue weighted by atomic mass is 16.5. The Balaban J connectivity index is 2.41. The van der Waals surface area contributed by atoms with Crippen molar-refractivity contribution >= 4 is 11.8 Å². The Hall–Kier alpha value is -2.07. The van der Waals surface area contributed by atoms with Crippen LogP contribution in [-0.4, -0.2) is 79.7 Å². The molecule has 0 saturated carbocycles. The summed E-state index contributed by atoms with van der Waals surface area (Å²) in [6.45, 7) is 1.39. The third-order valence-corrected chi connectivity index (χ3v) is 2.75. The Morgan fingerprint density at radius 2 is 1.33 bits per heavy atom. The van der Waals surface area contributed by atoms with Gasteiger partial charge in [-0.3, -0.25) is 9.59 Å². The van der Waals surface area contributed by atoms with Gasteiger partial charge in [-0.2, -0.15) is 0 Å². The first-order valence-corrected chi connectivity index (χ1v) is 7.59. The van der Waals surface area contributed by atoms with Gasteiger partial charge in [0, 0.05) is 13.1 Å².